The maximum absolute atomic E-state index is 6.18. The molecule has 3 nitrogen and oxygen atoms in total. The van der Waals surface area contributed by atoms with Crippen LogP contribution in [0.5, 0.6) is 11.5 Å². The first-order chi connectivity index (χ1) is 9.61. The molecule has 1 N–H and O–H groups in total. The molecule has 0 saturated heterocycles. The maximum atomic E-state index is 6.18. The van der Waals surface area contributed by atoms with Crippen LogP contribution in [0, 0.1) is 13.8 Å². The number of ether oxygens (including phenoxy) is 1. The smallest absolute Gasteiger partial charge is 0.134 e. The Morgan fingerprint density at radius 2 is 1.95 bits per heavy atom. The van der Waals surface area contributed by atoms with Gasteiger partial charge in [0, 0.05) is 29.5 Å². The molecule has 0 aliphatic rings. The lowest BCUT2D eigenvalue weighted by molar-refractivity contribution is 0.471. The van der Waals surface area contributed by atoms with Crippen molar-refractivity contribution < 1.29 is 4.74 Å². The Hall–Kier alpha value is -1.58. The molecule has 0 unspecified atom stereocenters. The van der Waals surface area contributed by atoms with E-state index in [1.165, 1.54) is 0 Å². The molecule has 0 amide bonds. The minimum Gasteiger partial charge on any atom is -0.457 e. The van der Waals surface area contributed by atoms with Gasteiger partial charge in [-0.25, -0.2) is 0 Å². The Balaban J connectivity index is 2.26. The van der Waals surface area contributed by atoms with Gasteiger partial charge in [-0.15, -0.1) is 0 Å². The van der Waals surface area contributed by atoms with Crippen molar-refractivity contribution in [3.8, 4) is 11.5 Å². The summed E-state index contributed by atoms with van der Waals surface area (Å²) < 4.78 is 5.98. The summed E-state index contributed by atoms with van der Waals surface area (Å²) in [6, 6.07) is 5.78. The maximum Gasteiger partial charge on any atom is 0.134 e. The van der Waals surface area contributed by atoms with E-state index in [1.807, 2.05) is 38.2 Å². The average molecular weight is 291 g/mol. The minimum absolute atomic E-state index is 0.741. The second-order valence-corrected chi connectivity index (χ2v) is 5.11. The van der Waals surface area contributed by atoms with E-state index < -0.39 is 0 Å². The van der Waals surface area contributed by atoms with Crippen molar-refractivity contribution in [3.63, 3.8) is 0 Å². The second-order valence-electron chi connectivity index (χ2n) is 4.74. The highest BCUT2D eigenvalue weighted by Crippen LogP contribution is 2.30. The molecule has 20 heavy (non-hydrogen) atoms. The van der Waals surface area contributed by atoms with E-state index in [0.717, 1.165) is 46.3 Å². The van der Waals surface area contributed by atoms with E-state index in [2.05, 4.69) is 17.2 Å². The highest BCUT2D eigenvalue weighted by Gasteiger charge is 2.07. The van der Waals surface area contributed by atoms with E-state index in [9.17, 15) is 0 Å². The third-order valence-corrected chi connectivity index (χ3v) is 3.66. The molecule has 1 heterocycles. The van der Waals surface area contributed by atoms with Crippen molar-refractivity contribution in [3.05, 3.63) is 52.3 Å². The molecular weight excluding hydrogens is 272 g/mol. The Morgan fingerprint density at radius 1 is 1.25 bits per heavy atom. The van der Waals surface area contributed by atoms with E-state index in [4.69, 9.17) is 16.3 Å². The van der Waals surface area contributed by atoms with E-state index in [-0.39, 0.29) is 0 Å². The highest BCUT2D eigenvalue weighted by molar-refractivity contribution is 6.32. The first kappa shape index (κ1) is 14.8. The molecule has 2 aromatic rings. The van der Waals surface area contributed by atoms with Crippen LogP contribution < -0.4 is 10.1 Å². The monoisotopic (exact) mass is 290 g/mol. The van der Waals surface area contributed by atoms with Gasteiger partial charge in [-0.05, 0) is 49.7 Å². The van der Waals surface area contributed by atoms with E-state index >= 15 is 0 Å². The summed E-state index contributed by atoms with van der Waals surface area (Å²) in [7, 11) is 0. The Morgan fingerprint density at radius 3 is 2.60 bits per heavy atom. The molecular formula is C16H19ClN2O. The van der Waals surface area contributed by atoms with Crippen LogP contribution in [-0.2, 0) is 6.54 Å². The number of aromatic nitrogens is 1. The highest BCUT2D eigenvalue weighted by atomic mass is 35.5. The SMILES string of the molecule is CCNCc1cnccc1Oc1cc(C)c(Cl)c(C)c1. The predicted molar refractivity (Wildman–Crippen MR) is 82.6 cm³/mol. The molecule has 106 valence electrons. The van der Waals surface area contributed by atoms with Crippen molar-refractivity contribution in [2.24, 2.45) is 0 Å². The lowest BCUT2D eigenvalue weighted by atomic mass is 10.1. The fourth-order valence-corrected chi connectivity index (χ4v) is 2.11. The zero-order valence-electron chi connectivity index (χ0n) is 12.0. The zero-order valence-corrected chi connectivity index (χ0v) is 12.8. The van der Waals surface area contributed by atoms with Gasteiger partial charge in [0.1, 0.15) is 11.5 Å². The van der Waals surface area contributed by atoms with E-state index in [1.54, 1.807) is 6.20 Å². The first-order valence-corrected chi connectivity index (χ1v) is 7.07. The van der Waals surface area contributed by atoms with Crippen LogP contribution in [-0.4, -0.2) is 11.5 Å². The van der Waals surface area contributed by atoms with Crippen LogP contribution in [0.4, 0.5) is 0 Å². The molecule has 4 heteroatoms. The number of benzene rings is 1. The topological polar surface area (TPSA) is 34.2 Å². The number of nitrogens with one attached hydrogen (secondary N) is 1. The van der Waals surface area contributed by atoms with Crippen molar-refractivity contribution >= 4 is 11.6 Å². The molecule has 0 bridgehead atoms. The minimum atomic E-state index is 0.741. The Bertz CT molecular complexity index is 576. The summed E-state index contributed by atoms with van der Waals surface area (Å²) in [4.78, 5) is 4.15. The lowest BCUT2D eigenvalue weighted by Gasteiger charge is -2.13. The largest absolute Gasteiger partial charge is 0.457 e. The molecule has 0 spiro atoms. The second kappa shape index (κ2) is 6.73. The number of aryl methyl sites for hydroxylation is 2. The molecule has 1 aromatic carbocycles. The number of halogens is 1. The molecule has 0 radical (unpaired) electrons. The fraction of sp³-hybridized carbons (Fsp3) is 0.312. The number of pyridine rings is 1. The van der Waals surface area contributed by atoms with Crippen LogP contribution >= 0.6 is 11.6 Å². The third kappa shape index (κ3) is 3.50. The van der Waals surface area contributed by atoms with Crippen molar-refractivity contribution in [2.45, 2.75) is 27.3 Å². The van der Waals surface area contributed by atoms with Gasteiger partial charge < -0.3 is 10.1 Å². The normalized spacial score (nSPS) is 10.6. The average Bonchev–Trinajstić information content (AvgIpc) is 2.44. The molecule has 0 aliphatic heterocycles. The predicted octanol–water partition coefficient (Wildman–Crippen LogP) is 4.25. The molecule has 2 rings (SSSR count). The molecule has 0 fully saturated rings. The van der Waals surface area contributed by atoms with Gasteiger partial charge in [-0.1, -0.05) is 18.5 Å². The van der Waals surface area contributed by atoms with Crippen molar-refractivity contribution in [2.75, 3.05) is 6.54 Å². The third-order valence-electron chi connectivity index (χ3n) is 3.06. The van der Waals surface area contributed by atoms with Crippen LogP contribution in [0.3, 0.4) is 0 Å². The van der Waals surface area contributed by atoms with Crippen LogP contribution in [0.2, 0.25) is 5.02 Å². The lowest BCUT2D eigenvalue weighted by Crippen LogP contribution is -2.12. The van der Waals surface area contributed by atoms with Gasteiger partial charge in [0.15, 0.2) is 0 Å². The Kier molecular flexibility index (Phi) is 4.99. The van der Waals surface area contributed by atoms with Gasteiger partial charge >= 0.3 is 0 Å². The summed E-state index contributed by atoms with van der Waals surface area (Å²) in [6.07, 6.45) is 3.56. The molecule has 0 aliphatic carbocycles. The van der Waals surface area contributed by atoms with Gasteiger partial charge in [0.25, 0.3) is 0 Å². The summed E-state index contributed by atoms with van der Waals surface area (Å²) >= 11 is 6.18. The zero-order chi connectivity index (χ0) is 14.5. The standard InChI is InChI=1S/C16H19ClN2O/c1-4-18-9-13-10-19-6-5-15(13)20-14-7-11(2)16(17)12(3)8-14/h5-8,10,18H,4,9H2,1-3H3. The number of rotatable bonds is 5. The molecule has 1 aromatic heterocycles. The Labute approximate surface area is 124 Å². The van der Waals surface area contributed by atoms with Crippen LogP contribution in [0.15, 0.2) is 30.6 Å². The van der Waals surface area contributed by atoms with Crippen molar-refractivity contribution in [1.82, 2.24) is 10.3 Å². The van der Waals surface area contributed by atoms with E-state index in [0.29, 0.717) is 0 Å². The quantitative estimate of drug-likeness (QED) is 0.894. The molecule has 0 atom stereocenters. The summed E-state index contributed by atoms with van der Waals surface area (Å²) in [5.74, 6) is 1.62. The van der Waals surface area contributed by atoms with Crippen LogP contribution in [0.25, 0.3) is 0 Å². The number of nitrogens with zero attached hydrogens (tertiary/aromatic N) is 1. The number of hydrogen-bond acceptors (Lipinski definition) is 3. The van der Waals surface area contributed by atoms with Gasteiger partial charge in [-0.2, -0.15) is 0 Å². The summed E-state index contributed by atoms with van der Waals surface area (Å²) in [5.41, 5.74) is 3.08. The first-order valence-electron chi connectivity index (χ1n) is 6.70. The summed E-state index contributed by atoms with van der Waals surface area (Å²) in [5, 5.41) is 4.07. The van der Waals surface area contributed by atoms with Gasteiger partial charge in [0.2, 0.25) is 0 Å². The van der Waals surface area contributed by atoms with Gasteiger partial charge in [0.05, 0.1) is 0 Å². The number of hydrogen-bond donors (Lipinski definition) is 1. The summed E-state index contributed by atoms with van der Waals surface area (Å²) in [6.45, 7) is 7.68. The molecule has 0 saturated carbocycles. The fourth-order valence-electron chi connectivity index (χ4n) is 2.00. The van der Waals surface area contributed by atoms with Crippen LogP contribution in [0.1, 0.15) is 23.6 Å². The van der Waals surface area contributed by atoms with Crippen molar-refractivity contribution in [1.29, 1.82) is 0 Å². The van der Waals surface area contributed by atoms with Gasteiger partial charge in [-0.3, -0.25) is 4.98 Å².